The Bertz CT molecular complexity index is 600. The van der Waals surface area contributed by atoms with Gasteiger partial charge in [-0.15, -0.1) is 0 Å². The van der Waals surface area contributed by atoms with Crippen LogP contribution in [0.15, 0.2) is 45.5 Å². The minimum absolute atomic E-state index is 0.143. The van der Waals surface area contributed by atoms with E-state index in [4.69, 9.17) is 12.2 Å². The number of rotatable bonds is 4. The molecule has 0 bridgehead atoms. The molecule has 2 rings (SSSR count). The minimum atomic E-state index is -0.468. The zero-order valence-electron chi connectivity index (χ0n) is 14.6. The van der Waals surface area contributed by atoms with Crippen molar-refractivity contribution in [3.63, 3.8) is 0 Å². The molecule has 136 valence electrons. The van der Waals surface area contributed by atoms with Crippen LogP contribution in [-0.2, 0) is 0 Å². The molecule has 0 aliphatic heterocycles. The Morgan fingerprint density at radius 2 is 1.84 bits per heavy atom. The van der Waals surface area contributed by atoms with Gasteiger partial charge in [0, 0.05) is 4.90 Å². The molecule has 0 unspecified atom stereocenters. The Kier molecular flexibility index (Phi) is 7.64. The number of azo groups is 1. The van der Waals surface area contributed by atoms with Crippen molar-refractivity contribution < 1.29 is 4.79 Å². The van der Waals surface area contributed by atoms with Crippen molar-refractivity contribution in [1.29, 1.82) is 0 Å². The molecule has 0 radical (unpaired) electrons. The third kappa shape index (κ3) is 6.99. The third-order valence-corrected chi connectivity index (χ3v) is 4.74. The van der Waals surface area contributed by atoms with Gasteiger partial charge in [0.05, 0.1) is 6.04 Å². The van der Waals surface area contributed by atoms with Crippen LogP contribution in [0.2, 0.25) is 0 Å². The molecule has 0 atom stereocenters. The first-order chi connectivity index (χ1) is 12.0. The van der Waals surface area contributed by atoms with Gasteiger partial charge in [-0.3, -0.25) is 15.6 Å². The quantitative estimate of drug-likeness (QED) is 0.313. The topological polar surface area (TPSA) is 77.9 Å². The van der Waals surface area contributed by atoms with E-state index in [-0.39, 0.29) is 11.3 Å². The standard InChI is InChI=1S/C17H25N5OS2/c1-13(2)19-22-17(11-7-4-8-12-17)18-15(24)20-21-16(23)25-14-9-5-3-6-10-14/h3,5-6,9-10,13H,4,7-8,11-12H2,1-2H3,(H,21,23)(H2,18,20,24). The monoisotopic (exact) mass is 379 g/mol. The van der Waals surface area contributed by atoms with Gasteiger partial charge >= 0.3 is 5.24 Å². The molecule has 6 nitrogen and oxygen atoms in total. The smallest absolute Gasteiger partial charge is 0.302 e. The lowest BCUT2D eigenvalue weighted by molar-refractivity contribution is 0.254. The molecule has 1 aliphatic rings. The van der Waals surface area contributed by atoms with E-state index in [1.165, 1.54) is 6.42 Å². The van der Waals surface area contributed by atoms with Crippen molar-refractivity contribution in [2.45, 2.75) is 62.6 Å². The lowest BCUT2D eigenvalue weighted by Crippen LogP contribution is -2.55. The van der Waals surface area contributed by atoms with Gasteiger partial charge in [0.25, 0.3) is 0 Å². The molecular formula is C17H25N5OS2. The van der Waals surface area contributed by atoms with E-state index in [1.54, 1.807) is 0 Å². The highest BCUT2D eigenvalue weighted by Gasteiger charge is 2.33. The average Bonchev–Trinajstić information content (AvgIpc) is 2.60. The van der Waals surface area contributed by atoms with Gasteiger partial charge in [0.2, 0.25) is 0 Å². The van der Waals surface area contributed by atoms with Crippen molar-refractivity contribution in [3.05, 3.63) is 30.3 Å². The molecule has 8 heteroatoms. The maximum Gasteiger partial charge on any atom is 0.302 e. The second-order valence-electron chi connectivity index (χ2n) is 6.31. The summed E-state index contributed by atoms with van der Waals surface area (Å²) < 4.78 is 0. The summed E-state index contributed by atoms with van der Waals surface area (Å²) in [5.41, 5.74) is 4.89. The van der Waals surface area contributed by atoms with Crippen LogP contribution < -0.4 is 16.2 Å². The summed E-state index contributed by atoms with van der Waals surface area (Å²) >= 11 is 6.42. The van der Waals surface area contributed by atoms with Crippen molar-refractivity contribution in [1.82, 2.24) is 16.2 Å². The SMILES string of the molecule is CC(C)N=NC1(NC(=S)NNC(=O)Sc2ccccc2)CCCCC1. The fourth-order valence-corrected chi connectivity index (χ4v) is 3.43. The number of amides is 1. The van der Waals surface area contributed by atoms with Gasteiger partial charge in [0.15, 0.2) is 10.8 Å². The lowest BCUT2D eigenvalue weighted by Gasteiger charge is -2.34. The normalized spacial score (nSPS) is 16.6. The van der Waals surface area contributed by atoms with Crippen molar-refractivity contribution >= 4 is 34.3 Å². The Hall–Kier alpha value is -1.67. The van der Waals surface area contributed by atoms with E-state index in [9.17, 15) is 4.79 Å². The third-order valence-electron chi connectivity index (χ3n) is 3.74. The molecule has 0 saturated heterocycles. The molecule has 1 aliphatic carbocycles. The van der Waals surface area contributed by atoms with E-state index in [0.717, 1.165) is 42.3 Å². The summed E-state index contributed by atoms with van der Waals surface area (Å²) in [5, 5.41) is 12.2. The average molecular weight is 380 g/mol. The van der Waals surface area contributed by atoms with Crippen LogP contribution in [-0.4, -0.2) is 22.1 Å². The number of hydrogen-bond donors (Lipinski definition) is 3. The predicted octanol–water partition coefficient (Wildman–Crippen LogP) is 4.39. The van der Waals surface area contributed by atoms with Crippen LogP contribution in [0.25, 0.3) is 0 Å². The van der Waals surface area contributed by atoms with Gasteiger partial charge in [-0.25, -0.2) is 0 Å². The summed E-state index contributed by atoms with van der Waals surface area (Å²) in [6.45, 7) is 4.00. The van der Waals surface area contributed by atoms with Crippen LogP contribution in [0.3, 0.4) is 0 Å². The number of hydrazine groups is 1. The van der Waals surface area contributed by atoms with Crippen LogP contribution in [0, 0.1) is 0 Å². The highest BCUT2D eigenvalue weighted by atomic mass is 32.2. The number of carbonyl (C=O) groups excluding carboxylic acids is 1. The second-order valence-corrected chi connectivity index (χ2v) is 7.76. The number of thioether (sulfide) groups is 1. The van der Waals surface area contributed by atoms with Crippen LogP contribution in [0.1, 0.15) is 46.0 Å². The molecule has 1 saturated carbocycles. The lowest BCUT2D eigenvalue weighted by atomic mass is 9.90. The van der Waals surface area contributed by atoms with Crippen LogP contribution >= 0.6 is 24.0 Å². The highest BCUT2D eigenvalue weighted by molar-refractivity contribution is 8.13. The Morgan fingerprint density at radius 1 is 1.16 bits per heavy atom. The first-order valence-electron chi connectivity index (χ1n) is 8.52. The van der Waals surface area contributed by atoms with E-state index in [0.29, 0.717) is 5.11 Å². The molecule has 1 aromatic carbocycles. The highest BCUT2D eigenvalue weighted by Crippen LogP contribution is 2.30. The van der Waals surface area contributed by atoms with Gasteiger partial charge in [-0.2, -0.15) is 10.2 Å². The van der Waals surface area contributed by atoms with Gasteiger partial charge < -0.3 is 5.32 Å². The van der Waals surface area contributed by atoms with E-state index in [1.807, 2.05) is 44.2 Å². The Balaban J connectivity index is 1.85. The molecule has 1 aromatic rings. The Labute approximate surface area is 158 Å². The fourth-order valence-electron chi connectivity index (χ4n) is 2.58. The minimum Gasteiger partial charge on any atom is -0.336 e. The summed E-state index contributed by atoms with van der Waals surface area (Å²) in [6, 6.07) is 9.59. The van der Waals surface area contributed by atoms with Crippen molar-refractivity contribution in [3.8, 4) is 0 Å². The second kappa shape index (κ2) is 9.72. The van der Waals surface area contributed by atoms with Crippen molar-refractivity contribution in [2.75, 3.05) is 0 Å². The molecule has 0 spiro atoms. The Morgan fingerprint density at radius 3 is 2.48 bits per heavy atom. The fraction of sp³-hybridized carbons (Fsp3) is 0.529. The van der Waals surface area contributed by atoms with Gasteiger partial charge in [0.1, 0.15) is 0 Å². The predicted molar refractivity (Wildman–Crippen MR) is 106 cm³/mol. The zero-order valence-corrected chi connectivity index (χ0v) is 16.3. The maximum atomic E-state index is 12.0. The summed E-state index contributed by atoms with van der Waals surface area (Å²) in [5.74, 6) is 0. The first kappa shape index (κ1) is 19.7. The molecule has 0 aromatic heterocycles. The largest absolute Gasteiger partial charge is 0.336 e. The number of hydrogen-bond acceptors (Lipinski definition) is 5. The number of nitrogens with one attached hydrogen (secondary N) is 3. The molecule has 1 fully saturated rings. The maximum absolute atomic E-state index is 12.0. The number of thiocarbonyl (C=S) groups is 1. The number of nitrogens with zero attached hydrogens (tertiary/aromatic N) is 2. The summed E-state index contributed by atoms with van der Waals surface area (Å²) in [6.07, 6.45) is 5.15. The molecule has 0 heterocycles. The van der Waals surface area contributed by atoms with E-state index < -0.39 is 5.66 Å². The van der Waals surface area contributed by atoms with Crippen LogP contribution in [0.4, 0.5) is 4.79 Å². The molecule has 1 amide bonds. The van der Waals surface area contributed by atoms with E-state index in [2.05, 4.69) is 26.4 Å². The zero-order chi connectivity index (χ0) is 18.1. The molecule has 25 heavy (non-hydrogen) atoms. The molecular weight excluding hydrogens is 354 g/mol. The van der Waals surface area contributed by atoms with Gasteiger partial charge in [-0.05, 0) is 75.6 Å². The first-order valence-corrected chi connectivity index (χ1v) is 9.75. The van der Waals surface area contributed by atoms with Crippen molar-refractivity contribution in [2.24, 2.45) is 10.2 Å². The van der Waals surface area contributed by atoms with Crippen LogP contribution in [0.5, 0.6) is 0 Å². The summed E-state index contributed by atoms with van der Waals surface area (Å²) in [4.78, 5) is 12.8. The number of benzene rings is 1. The van der Waals surface area contributed by atoms with Gasteiger partial charge in [-0.1, -0.05) is 24.6 Å². The summed E-state index contributed by atoms with van der Waals surface area (Å²) in [7, 11) is 0. The molecule has 3 N–H and O–H groups in total. The van der Waals surface area contributed by atoms with E-state index >= 15 is 0 Å². The number of carbonyl (C=O) groups is 1.